The fraction of sp³-hybridized carbons (Fsp3) is 0.700. The van der Waals surface area contributed by atoms with Gasteiger partial charge in [-0.25, -0.2) is 13.9 Å². The van der Waals surface area contributed by atoms with Crippen LogP contribution in [-0.4, -0.2) is 27.7 Å². The summed E-state index contributed by atoms with van der Waals surface area (Å²) in [5.41, 5.74) is -0.317. The van der Waals surface area contributed by atoms with Crippen LogP contribution in [0.2, 0.25) is 0 Å². The van der Waals surface area contributed by atoms with Gasteiger partial charge < -0.3 is 4.74 Å². The second-order valence-corrected chi connectivity index (χ2v) is 6.53. The van der Waals surface area contributed by atoms with Crippen LogP contribution in [-0.2, 0) is 21.3 Å². The number of nitrogens with zero attached hydrogens (tertiary/aromatic N) is 1. The van der Waals surface area contributed by atoms with Gasteiger partial charge in [0.05, 0.1) is 24.2 Å². The van der Waals surface area contributed by atoms with Gasteiger partial charge in [-0.2, -0.15) is 0 Å². The number of aromatic nitrogens is 1. The lowest BCUT2D eigenvalue weighted by Crippen LogP contribution is -2.58. The predicted octanol–water partition coefficient (Wildman–Crippen LogP) is 1.42. The van der Waals surface area contributed by atoms with Crippen LogP contribution >= 0.6 is 11.3 Å². The molecule has 0 aromatic carbocycles. The molecule has 0 saturated carbocycles. The molecule has 2 atom stereocenters. The zero-order valence-corrected chi connectivity index (χ0v) is 11.1. The van der Waals surface area contributed by atoms with Gasteiger partial charge in [-0.3, -0.25) is 0 Å². The van der Waals surface area contributed by atoms with Crippen molar-refractivity contribution in [2.75, 3.05) is 13.2 Å². The molecule has 1 aliphatic heterocycles. The van der Waals surface area contributed by atoms with Gasteiger partial charge in [0.15, 0.2) is 0 Å². The van der Waals surface area contributed by atoms with E-state index < -0.39 is 11.0 Å². The molecule has 0 aliphatic carbocycles. The van der Waals surface area contributed by atoms with Gasteiger partial charge in [0, 0.05) is 16.8 Å². The van der Waals surface area contributed by atoms with Gasteiger partial charge in [0.1, 0.15) is 10.5 Å². The van der Waals surface area contributed by atoms with Crippen molar-refractivity contribution in [3.63, 3.8) is 0 Å². The number of hydrogen-bond acceptors (Lipinski definition) is 4. The first-order valence-electron chi connectivity index (χ1n) is 5.34. The Morgan fingerprint density at radius 2 is 2.50 bits per heavy atom. The van der Waals surface area contributed by atoms with Gasteiger partial charge in [0.2, 0.25) is 0 Å². The highest BCUT2D eigenvalue weighted by atomic mass is 32.2. The Kier molecular flexibility index (Phi) is 3.73. The molecule has 4 nitrogen and oxygen atoms in total. The van der Waals surface area contributed by atoms with E-state index in [0.717, 1.165) is 11.4 Å². The maximum absolute atomic E-state index is 12.0. The first-order valence-corrected chi connectivity index (χ1v) is 7.43. The first-order chi connectivity index (χ1) is 7.68. The van der Waals surface area contributed by atoms with Gasteiger partial charge >= 0.3 is 0 Å². The molecule has 0 radical (unpaired) electrons. The number of rotatable bonds is 5. The van der Waals surface area contributed by atoms with Crippen molar-refractivity contribution in [2.24, 2.45) is 0 Å². The van der Waals surface area contributed by atoms with E-state index >= 15 is 0 Å². The van der Waals surface area contributed by atoms with E-state index in [4.69, 9.17) is 4.74 Å². The van der Waals surface area contributed by atoms with Crippen molar-refractivity contribution in [1.29, 1.82) is 0 Å². The SMILES string of the molecule is CCC(C)S(=O)NC1(c2nccs2)COC1. The summed E-state index contributed by atoms with van der Waals surface area (Å²) < 4.78 is 20.4. The van der Waals surface area contributed by atoms with E-state index in [1.165, 1.54) is 0 Å². The molecule has 1 aromatic rings. The van der Waals surface area contributed by atoms with Crippen molar-refractivity contribution in [3.05, 3.63) is 16.6 Å². The molecule has 1 aromatic heterocycles. The van der Waals surface area contributed by atoms with Crippen molar-refractivity contribution in [1.82, 2.24) is 9.71 Å². The maximum Gasteiger partial charge on any atom is 0.128 e. The van der Waals surface area contributed by atoms with Crippen LogP contribution in [0, 0.1) is 0 Å². The molecule has 16 heavy (non-hydrogen) atoms. The Bertz CT molecular complexity index is 363. The van der Waals surface area contributed by atoms with Crippen LogP contribution in [0.15, 0.2) is 11.6 Å². The fourth-order valence-corrected chi connectivity index (χ4v) is 3.37. The summed E-state index contributed by atoms with van der Waals surface area (Å²) in [6.45, 7) is 5.14. The molecule has 0 bridgehead atoms. The van der Waals surface area contributed by atoms with Crippen LogP contribution in [0.5, 0.6) is 0 Å². The van der Waals surface area contributed by atoms with Crippen molar-refractivity contribution < 1.29 is 8.95 Å². The van der Waals surface area contributed by atoms with E-state index in [1.807, 2.05) is 19.2 Å². The average Bonchev–Trinajstić information content (AvgIpc) is 2.75. The van der Waals surface area contributed by atoms with Crippen molar-refractivity contribution in [2.45, 2.75) is 31.1 Å². The molecule has 2 unspecified atom stereocenters. The highest BCUT2D eigenvalue weighted by Crippen LogP contribution is 2.31. The summed E-state index contributed by atoms with van der Waals surface area (Å²) in [5, 5.41) is 3.05. The first kappa shape index (κ1) is 12.2. The van der Waals surface area contributed by atoms with Crippen LogP contribution in [0.1, 0.15) is 25.3 Å². The molecule has 1 fully saturated rings. The van der Waals surface area contributed by atoms with Crippen molar-refractivity contribution >= 4 is 22.3 Å². The third kappa shape index (κ3) is 2.20. The van der Waals surface area contributed by atoms with Gasteiger partial charge in [0.25, 0.3) is 0 Å². The molecule has 1 N–H and O–H groups in total. The lowest BCUT2D eigenvalue weighted by Gasteiger charge is -2.40. The smallest absolute Gasteiger partial charge is 0.128 e. The molecule has 90 valence electrons. The Morgan fingerprint density at radius 1 is 1.75 bits per heavy atom. The minimum absolute atomic E-state index is 0.150. The number of thiazole rings is 1. The van der Waals surface area contributed by atoms with Crippen LogP contribution in [0.4, 0.5) is 0 Å². The fourth-order valence-electron chi connectivity index (χ4n) is 1.44. The highest BCUT2D eigenvalue weighted by molar-refractivity contribution is 7.83. The van der Waals surface area contributed by atoms with E-state index in [2.05, 4.69) is 9.71 Å². The molecular weight excluding hydrogens is 244 g/mol. The predicted molar refractivity (Wildman–Crippen MR) is 65.6 cm³/mol. The van der Waals surface area contributed by atoms with Gasteiger partial charge in [-0.05, 0) is 13.3 Å². The topological polar surface area (TPSA) is 51.2 Å². The zero-order chi connectivity index (χ0) is 11.6. The molecular formula is C10H16N2O2S2. The lowest BCUT2D eigenvalue weighted by molar-refractivity contribution is -0.0659. The summed E-state index contributed by atoms with van der Waals surface area (Å²) in [4.78, 5) is 4.29. The number of hydrogen-bond donors (Lipinski definition) is 1. The zero-order valence-electron chi connectivity index (χ0n) is 9.43. The number of nitrogens with one attached hydrogen (secondary N) is 1. The van der Waals surface area contributed by atoms with E-state index in [1.54, 1.807) is 17.5 Å². The molecule has 1 saturated heterocycles. The minimum atomic E-state index is -1.03. The molecule has 1 aliphatic rings. The number of ether oxygens (including phenoxy) is 1. The standard InChI is InChI=1S/C10H16N2O2S2/c1-3-8(2)16(13)12-10(6-14-7-10)9-11-4-5-15-9/h4-5,8,12H,3,6-7H2,1-2H3. The third-order valence-corrected chi connectivity index (χ3v) is 5.41. The van der Waals surface area contributed by atoms with Gasteiger partial charge in [-0.15, -0.1) is 11.3 Å². The highest BCUT2D eigenvalue weighted by Gasteiger charge is 2.44. The van der Waals surface area contributed by atoms with Crippen LogP contribution < -0.4 is 4.72 Å². The Morgan fingerprint density at radius 3 is 2.94 bits per heavy atom. The van der Waals surface area contributed by atoms with Crippen LogP contribution in [0.3, 0.4) is 0 Å². The van der Waals surface area contributed by atoms with E-state index in [0.29, 0.717) is 13.2 Å². The maximum atomic E-state index is 12.0. The van der Waals surface area contributed by atoms with Gasteiger partial charge in [-0.1, -0.05) is 6.92 Å². The quantitative estimate of drug-likeness (QED) is 0.871. The normalized spacial score (nSPS) is 22.4. The monoisotopic (exact) mass is 260 g/mol. The molecule has 2 rings (SSSR count). The Hall–Kier alpha value is -0.300. The third-order valence-electron chi connectivity index (χ3n) is 2.77. The average molecular weight is 260 g/mol. The van der Waals surface area contributed by atoms with E-state index in [-0.39, 0.29) is 10.8 Å². The summed E-state index contributed by atoms with van der Waals surface area (Å²) in [7, 11) is -1.03. The summed E-state index contributed by atoms with van der Waals surface area (Å²) in [6, 6.07) is 0. The summed E-state index contributed by atoms with van der Waals surface area (Å²) in [6.07, 6.45) is 2.67. The van der Waals surface area contributed by atoms with Crippen molar-refractivity contribution in [3.8, 4) is 0 Å². The molecule has 0 amide bonds. The lowest BCUT2D eigenvalue weighted by atomic mass is 10.0. The molecule has 0 spiro atoms. The Labute approximate surface area is 102 Å². The minimum Gasteiger partial charge on any atom is -0.376 e. The summed E-state index contributed by atoms with van der Waals surface area (Å²) in [5.74, 6) is 0. The van der Waals surface area contributed by atoms with Crippen LogP contribution in [0.25, 0.3) is 0 Å². The Balaban J connectivity index is 2.09. The second-order valence-electron chi connectivity index (χ2n) is 4.03. The van der Waals surface area contributed by atoms with E-state index in [9.17, 15) is 4.21 Å². The molecule has 2 heterocycles. The second kappa shape index (κ2) is 4.91. The molecule has 6 heteroatoms. The largest absolute Gasteiger partial charge is 0.376 e. The summed E-state index contributed by atoms with van der Waals surface area (Å²) >= 11 is 1.58.